The maximum absolute atomic E-state index is 12.5. The number of hydrogen-bond donors (Lipinski definition) is 1. The molecule has 2 rings (SSSR count). The second-order valence-corrected chi connectivity index (χ2v) is 7.01. The average Bonchev–Trinajstić information content (AvgIpc) is 2.87. The molecule has 0 fully saturated rings. The standard InChI is InChI=1S/C15H18F3N3S/c1-9(13-21-11(8-22-13)14(2,3)4)20-12-6-5-10(7-19-12)15(16,17)18/h5-9H,1-4H3,(H,19,20). The number of hydrogen-bond acceptors (Lipinski definition) is 4. The molecule has 3 nitrogen and oxygen atoms in total. The molecule has 0 saturated carbocycles. The van der Waals surface area contributed by atoms with Crippen molar-refractivity contribution < 1.29 is 13.2 Å². The molecule has 7 heteroatoms. The van der Waals surface area contributed by atoms with Gasteiger partial charge in [-0.05, 0) is 19.1 Å². The molecule has 1 atom stereocenters. The largest absolute Gasteiger partial charge is 0.417 e. The maximum atomic E-state index is 12.5. The zero-order valence-corrected chi connectivity index (χ0v) is 13.6. The summed E-state index contributed by atoms with van der Waals surface area (Å²) >= 11 is 1.53. The lowest BCUT2D eigenvalue weighted by molar-refractivity contribution is -0.137. The van der Waals surface area contributed by atoms with Crippen LogP contribution in [0.5, 0.6) is 0 Å². The highest BCUT2D eigenvalue weighted by molar-refractivity contribution is 7.09. The van der Waals surface area contributed by atoms with E-state index in [0.29, 0.717) is 5.82 Å². The molecule has 2 heterocycles. The Balaban J connectivity index is 2.09. The molecule has 120 valence electrons. The van der Waals surface area contributed by atoms with Crippen LogP contribution in [0.3, 0.4) is 0 Å². The van der Waals surface area contributed by atoms with E-state index in [1.54, 1.807) is 0 Å². The number of halogens is 3. The normalized spacial score (nSPS) is 14.0. The summed E-state index contributed by atoms with van der Waals surface area (Å²) in [6, 6.07) is 2.23. The van der Waals surface area contributed by atoms with Crippen LogP contribution in [0.1, 0.15) is 50.0 Å². The zero-order chi connectivity index (χ0) is 16.5. The zero-order valence-electron chi connectivity index (χ0n) is 12.8. The Hall–Kier alpha value is -1.63. The molecule has 0 aliphatic rings. The molecule has 1 unspecified atom stereocenters. The van der Waals surface area contributed by atoms with Gasteiger partial charge in [0.1, 0.15) is 10.8 Å². The van der Waals surface area contributed by atoms with E-state index in [1.807, 2.05) is 12.3 Å². The lowest BCUT2D eigenvalue weighted by Crippen LogP contribution is -2.13. The molecule has 0 radical (unpaired) electrons. The maximum Gasteiger partial charge on any atom is 0.417 e. The predicted molar refractivity (Wildman–Crippen MR) is 82.1 cm³/mol. The van der Waals surface area contributed by atoms with Gasteiger partial charge in [-0.15, -0.1) is 11.3 Å². The number of alkyl halides is 3. The average molecular weight is 329 g/mol. The van der Waals surface area contributed by atoms with E-state index < -0.39 is 11.7 Å². The summed E-state index contributed by atoms with van der Waals surface area (Å²) in [5.74, 6) is 0.396. The van der Waals surface area contributed by atoms with Crippen molar-refractivity contribution in [2.75, 3.05) is 5.32 Å². The Morgan fingerprint density at radius 2 is 1.86 bits per heavy atom. The van der Waals surface area contributed by atoms with Gasteiger partial charge in [-0.2, -0.15) is 13.2 Å². The highest BCUT2D eigenvalue weighted by Crippen LogP contribution is 2.30. The van der Waals surface area contributed by atoms with Crippen LogP contribution in [0.4, 0.5) is 19.0 Å². The van der Waals surface area contributed by atoms with Crippen molar-refractivity contribution in [3.05, 3.63) is 40.0 Å². The molecule has 0 spiro atoms. The summed E-state index contributed by atoms with van der Waals surface area (Å²) in [7, 11) is 0. The summed E-state index contributed by atoms with van der Waals surface area (Å²) in [4.78, 5) is 8.39. The number of anilines is 1. The van der Waals surface area contributed by atoms with Crippen LogP contribution in [0.2, 0.25) is 0 Å². The van der Waals surface area contributed by atoms with Crippen molar-refractivity contribution in [2.24, 2.45) is 0 Å². The molecule has 0 aliphatic heterocycles. The van der Waals surface area contributed by atoms with E-state index in [0.717, 1.165) is 23.0 Å². The van der Waals surface area contributed by atoms with Gasteiger partial charge in [0.25, 0.3) is 0 Å². The fourth-order valence-electron chi connectivity index (χ4n) is 1.76. The molecule has 2 aromatic rings. The van der Waals surface area contributed by atoms with Crippen molar-refractivity contribution in [3.8, 4) is 0 Å². The second kappa shape index (κ2) is 5.87. The monoisotopic (exact) mass is 329 g/mol. The van der Waals surface area contributed by atoms with Crippen LogP contribution in [0, 0.1) is 0 Å². The Labute approximate surface area is 131 Å². The van der Waals surface area contributed by atoms with Crippen LogP contribution in [0.15, 0.2) is 23.7 Å². The second-order valence-electron chi connectivity index (χ2n) is 6.12. The number of nitrogens with one attached hydrogen (secondary N) is 1. The van der Waals surface area contributed by atoms with Crippen molar-refractivity contribution >= 4 is 17.2 Å². The lowest BCUT2D eigenvalue weighted by Gasteiger charge is -2.15. The van der Waals surface area contributed by atoms with E-state index in [2.05, 4.69) is 36.1 Å². The van der Waals surface area contributed by atoms with Gasteiger partial charge in [0.05, 0.1) is 17.3 Å². The van der Waals surface area contributed by atoms with Crippen LogP contribution >= 0.6 is 11.3 Å². The minimum atomic E-state index is -4.37. The number of thiazole rings is 1. The van der Waals surface area contributed by atoms with Crippen molar-refractivity contribution in [1.82, 2.24) is 9.97 Å². The van der Waals surface area contributed by atoms with Gasteiger partial charge in [0.2, 0.25) is 0 Å². The highest BCUT2D eigenvalue weighted by Gasteiger charge is 2.30. The van der Waals surface area contributed by atoms with Crippen LogP contribution < -0.4 is 5.32 Å². The molecule has 0 saturated heterocycles. The minimum absolute atomic E-state index is 0.0267. The fourth-order valence-corrected chi connectivity index (χ4v) is 2.81. The third kappa shape index (κ3) is 3.97. The molecule has 2 aromatic heterocycles. The van der Waals surface area contributed by atoms with Crippen molar-refractivity contribution in [2.45, 2.75) is 45.3 Å². The van der Waals surface area contributed by atoms with Gasteiger partial charge in [-0.1, -0.05) is 20.8 Å². The molecule has 0 aliphatic carbocycles. The fraction of sp³-hybridized carbons (Fsp3) is 0.467. The Morgan fingerprint density at radius 3 is 2.32 bits per heavy atom. The summed E-state index contributed by atoms with van der Waals surface area (Å²) in [6.07, 6.45) is -3.54. The minimum Gasteiger partial charge on any atom is -0.361 e. The molecule has 0 bridgehead atoms. The van der Waals surface area contributed by atoms with E-state index in [4.69, 9.17) is 0 Å². The smallest absolute Gasteiger partial charge is 0.361 e. The van der Waals surface area contributed by atoms with Crippen LogP contribution in [-0.4, -0.2) is 9.97 Å². The molecule has 22 heavy (non-hydrogen) atoms. The van der Waals surface area contributed by atoms with E-state index in [9.17, 15) is 13.2 Å². The Bertz CT molecular complexity index is 627. The van der Waals surface area contributed by atoms with E-state index in [-0.39, 0.29) is 11.5 Å². The molecule has 0 aromatic carbocycles. The van der Waals surface area contributed by atoms with E-state index >= 15 is 0 Å². The molecule has 0 amide bonds. The van der Waals surface area contributed by atoms with Gasteiger partial charge >= 0.3 is 6.18 Å². The lowest BCUT2D eigenvalue weighted by atomic mass is 9.93. The Kier molecular flexibility index (Phi) is 4.47. The molecular weight excluding hydrogens is 311 g/mol. The van der Waals surface area contributed by atoms with Crippen LogP contribution in [0.25, 0.3) is 0 Å². The molecule has 1 N–H and O–H groups in total. The van der Waals surface area contributed by atoms with Crippen molar-refractivity contribution in [1.29, 1.82) is 0 Å². The number of rotatable bonds is 3. The highest BCUT2D eigenvalue weighted by atomic mass is 32.1. The summed E-state index contributed by atoms with van der Waals surface area (Å²) in [6.45, 7) is 8.16. The Morgan fingerprint density at radius 1 is 1.18 bits per heavy atom. The predicted octanol–water partition coefficient (Wildman–Crippen LogP) is 5.03. The van der Waals surface area contributed by atoms with Gasteiger partial charge in [-0.25, -0.2) is 9.97 Å². The topological polar surface area (TPSA) is 37.8 Å². The number of aromatic nitrogens is 2. The van der Waals surface area contributed by atoms with Crippen LogP contribution in [-0.2, 0) is 11.6 Å². The van der Waals surface area contributed by atoms with Gasteiger partial charge in [0.15, 0.2) is 0 Å². The third-order valence-electron chi connectivity index (χ3n) is 3.12. The number of nitrogens with zero attached hydrogens (tertiary/aromatic N) is 2. The van der Waals surface area contributed by atoms with Crippen molar-refractivity contribution in [3.63, 3.8) is 0 Å². The SMILES string of the molecule is CC(Nc1ccc(C(F)(F)F)cn1)c1nc(C(C)(C)C)cs1. The summed E-state index contributed by atoms with van der Waals surface area (Å²) in [5, 5.41) is 5.96. The molecular formula is C15H18F3N3S. The first-order chi connectivity index (χ1) is 10.1. The first-order valence-electron chi connectivity index (χ1n) is 6.83. The van der Waals surface area contributed by atoms with Gasteiger partial charge in [-0.3, -0.25) is 0 Å². The third-order valence-corrected chi connectivity index (χ3v) is 4.14. The first-order valence-corrected chi connectivity index (χ1v) is 7.71. The van der Waals surface area contributed by atoms with E-state index in [1.165, 1.54) is 17.4 Å². The number of pyridine rings is 1. The summed E-state index contributed by atoms with van der Waals surface area (Å²) < 4.78 is 37.5. The van der Waals surface area contributed by atoms with Gasteiger partial charge in [0, 0.05) is 17.0 Å². The first kappa shape index (κ1) is 16.7. The quantitative estimate of drug-likeness (QED) is 0.858. The summed E-state index contributed by atoms with van der Waals surface area (Å²) in [5.41, 5.74) is 0.220. The van der Waals surface area contributed by atoms with Gasteiger partial charge < -0.3 is 5.32 Å².